The van der Waals surface area contributed by atoms with Gasteiger partial charge in [-0.25, -0.2) is 4.79 Å². The lowest BCUT2D eigenvalue weighted by Gasteiger charge is -2.36. The minimum Gasteiger partial charge on any atom is -0.478 e. The number of carbonyl (C=O) groups is 2. The zero-order chi connectivity index (χ0) is 26.9. The van der Waals surface area contributed by atoms with E-state index in [4.69, 9.17) is 0 Å². The molecule has 6 rings (SSSR count). The molecule has 0 radical (unpaired) electrons. The van der Waals surface area contributed by atoms with Crippen molar-refractivity contribution in [3.8, 4) is 11.1 Å². The van der Waals surface area contributed by atoms with Gasteiger partial charge in [0.25, 0.3) is 5.91 Å². The second-order valence-corrected chi connectivity index (χ2v) is 10.7. The number of anilines is 1. The quantitative estimate of drug-likeness (QED) is 0.427. The molecule has 1 saturated heterocycles. The minimum absolute atomic E-state index is 0.109. The van der Waals surface area contributed by atoms with Crippen LogP contribution in [0.25, 0.3) is 16.8 Å². The maximum Gasteiger partial charge on any atom is 0.335 e. The summed E-state index contributed by atoms with van der Waals surface area (Å²) in [6.07, 6.45) is 9.07. The van der Waals surface area contributed by atoms with E-state index in [9.17, 15) is 14.7 Å². The van der Waals surface area contributed by atoms with Crippen LogP contribution in [-0.2, 0) is 4.79 Å². The number of carbonyl (C=O) groups excluding carboxylic acids is 1. The third kappa shape index (κ3) is 4.89. The number of piperidine rings is 1. The topological polar surface area (TPSA) is 106 Å². The lowest BCUT2D eigenvalue weighted by Crippen LogP contribution is -2.43. The van der Waals surface area contributed by atoms with Gasteiger partial charge in [0.05, 0.1) is 35.7 Å². The number of carboxylic acid groups (broad SMARTS) is 1. The van der Waals surface area contributed by atoms with E-state index in [0.717, 1.165) is 61.9 Å². The molecule has 1 amide bonds. The van der Waals surface area contributed by atoms with Gasteiger partial charge < -0.3 is 10.0 Å². The second-order valence-electron chi connectivity index (χ2n) is 10.7. The molecule has 3 aromatic rings. The summed E-state index contributed by atoms with van der Waals surface area (Å²) in [7, 11) is 0. The number of hydrogen-bond donors (Lipinski definition) is 2. The first-order chi connectivity index (χ1) is 19.0. The Bertz CT molecular complexity index is 1400. The first-order valence-corrected chi connectivity index (χ1v) is 14.0. The largest absolute Gasteiger partial charge is 0.478 e. The van der Waals surface area contributed by atoms with E-state index in [0.29, 0.717) is 28.6 Å². The van der Waals surface area contributed by atoms with E-state index in [-0.39, 0.29) is 18.5 Å². The smallest absolute Gasteiger partial charge is 0.335 e. The monoisotopic (exact) mass is 526 g/mol. The number of benzene rings is 2. The molecular formula is C30H34N6O3. The molecule has 9 heteroatoms. The summed E-state index contributed by atoms with van der Waals surface area (Å²) in [5.41, 5.74) is 4.98. The van der Waals surface area contributed by atoms with Gasteiger partial charge in [-0.3, -0.25) is 19.9 Å². The van der Waals surface area contributed by atoms with Crippen LogP contribution in [-0.4, -0.2) is 67.5 Å². The van der Waals surface area contributed by atoms with Crippen molar-refractivity contribution in [1.29, 1.82) is 0 Å². The molecular weight excluding hydrogens is 492 g/mol. The van der Waals surface area contributed by atoms with Gasteiger partial charge in [0.2, 0.25) is 0 Å². The van der Waals surface area contributed by atoms with E-state index in [1.54, 1.807) is 6.20 Å². The molecule has 0 unspecified atom stereocenters. The van der Waals surface area contributed by atoms with Crippen LogP contribution in [0.15, 0.2) is 60.3 Å². The number of aliphatic carboxylic acids is 1. The summed E-state index contributed by atoms with van der Waals surface area (Å²) in [6, 6.07) is 16.5. The first kappa shape index (κ1) is 25.2. The molecule has 3 aliphatic rings. The van der Waals surface area contributed by atoms with Gasteiger partial charge in [0, 0.05) is 18.2 Å². The predicted molar refractivity (Wildman–Crippen MR) is 149 cm³/mol. The molecule has 2 fully saturated rings. The van der Waals surface area contributed by atoms with E-state index in [1.807, 2.05) is 47.5 Å². The number of nitrogens with one attached hydrogen (secondary N) is 1. The van der Waals surface area contributed by atoms with Gasteiger partial charge in [0.1, 0.15) is 5.69 Å². The van der Waals surface area contributed by atoms with Crippen molar-refractivity contribution in [2.45, 2.75) is 64.0 Å². The molecule has 202 valence electrons. The summed E-state index contributed by atoms with van der Waals surface area (Å²) < 4.78 is 0. The standard InChI is InChI=1S/C30H34N6O3/c1-2-7-23-11-3-4-15-34(23)29(37)22-10-5-8-20(16-22)21-9-6-12-25(17-21)35-19-26(30(38)39)28(27-18-31-33-32-27)36(35)24-13-14-24/h5-6,8-10,12,16-18,23-24H,2-4,7,11,13-15,19H2,1H3,(H,38,39)(H,31,32,33)/t23-/m1/s1. The highest BCUT2D eigenvalue weighted by atomic mass is 16.4. The van der Waals surface area contributed by atoms with Crippen LogP contribution in [0.3, 0.4) is 0 Å². The van der Waals surface area contributed by atoms with Crippen molar-refractivity contribution in [3.63, 3.8) is 0 Å². The summed E-state index contributed by atoms with van der Waals surface area (Å²) in [6.45, 7) is 3.24. The van der Waals surface area contributed by atoms with Crippen LogP contribution < -0.4 is 5.01 Å². The van der Waals surface area contributed by atoms with Crippen molar-refractivity contribution in [3.05, 3.63) is 71.6 Å². The number of hydrazine groups is 1. The maximum atomic E-state index is 13.6. The van der Waals surface area contributed by atoms with Gasteiger partial charge in [-0.1, -0.05) is 42.8 Å². The van der Waals surface area contributed by atoms with Crippen molar-refractivity contribution >= 4 is 23.3 Å². The zero-order valence-electron chi connectivity index (χ0n) is 22.2. The number of carboxylic acids is 1. The summed E-state index contributed by atoms with van der Waals surface area (Å²) in [5, 5.41) is 24.8. The molecule has 1 atom stereocenters. The van der Waals surface area contributed by atoms with Crippen LogP contribution in [0.2, 0.25) is 0 Å². The van der Waals surface area contributed by atoms with E-state index >= 15 is 0 Å². The molecule has 2 aromatic carbocycles. The predicted octanol–water partition coefficient (Wildman–Crippen LogP) is 4.96. The first-order valence-electron chi connectivity index (χ1n) is 14.0. The number of amides is 1. The SMILES string of the molecule is CCC[C@@H]1CCCCN1C(=O)c1cccc(-c2cccc(N3CC(C(=O)O)=C(c4c[nH]nn4)N3C3CC3)c2)c1. The van der Waals surface area contributed by atoms with Crippen molar-refractivity contribution < 1.29 is 14.7 Å². The van der Waals surface area contributed by atoms with E-state index in [2.05, 4.69) is 38.3 Å². The van der Waals surface area contributed by atoms with Crippen molar-refractivity contribution in [2.24, 2.45) is 0 Å². The summed E-state index contributed by atoms with van der Waals surface area (Å²) in [5.74, 6) is -0.847. The Kier molecular flexibility index (Phi) is 6.81. The van der Waals surface area contributed by atoms with Gasteiger partial charge in [-0.2, -0.15) is 0 Å². The fourth-order valence-corrected chi connectivity index (χ4v) is 5.98. The molecule has 1 aromatic heterocycles. The molecule has 0 bridgehead atoms. The Morgan fingerprint density at radius 1 is 1.05 bits per heavy atom. The Morgan fingerprint density at radius 3 is 2.56 bits per heavy atom. The number of rotatable bonds is 8. The highest BCUT2D eigenvalue weighted by Crippen LogP contribution is 2.43. The maximum absolute atomic E-state index is 13.6. The van der Waals surface area contributed by atoms with E-state index in [1.165, 1.54) is 6.42 Å². The minimum atomic E-state index is -0.956. The Balaban J connectivity index is 1.30. The molecule has 2 aliphatic heterocycles. The molecule has 1 aliphatic carbocycles. The van der Waals surface area contributed by atoms with Gasteiger partial charge in [-0.15, -0.1) is 5.10 Å². The average Bonchev–Trinajstić information content (AvgIpc) is 3.49. The van der Waals surface area contributed by atoms with Crippen LogP contribution in [0.4, 0.5) is 5.69 Å². The average molecular weight is 527 g/mol. The fraction of sp³-hybridized carbons (Fsp3) is 0.400. The number of nitrogens with zero attached hydrogens (tertiary/aromatic N) is 5. The molecule has 39 heavy (non-hydrogen) atoms. The third-order valence-corrected chi connectivity index (χ3v) is 7.99. The van der Waals surface area contributed by atoms with Gasteiger partial charge in [-0.05, 0) is 73.9 Å². The fourth-order valence-electron chi connectivity index (χ4n) is 5.98. The van der Waals surface area contributed by atoms with Crippen LogP contribution in [0.5, 0.6) is 0 Å². The van der Waals surface area contributed by atoms with Crippen LogP contribution in [0.1, 0.15) is 67.9 Å². The second kappa shape index (κ2) is 10.6. The third-order valence-electron chi connectivity index (χ3n) is 7.99. The van der Waals surface area contributed by atoms with E-state index < -0.39 is 5.97 Å². The number of H-pyrrole nitrogens is 1. The molecule has 0 spiro atoms. The number of hydrogen-bond acceptors (Lipinski definition) is 6. The number of aromatic amines is 1. The number of likely N-dealkylation sites (tertiary alicyclic amines) is 1. The van der Waals surface area contributed by atoms with Crippen molar-refractivity contribution in [2.75, 3.05) is 18.1 Å². The molecule has 2 N–H and O–H groups in total. The van der Waals surface area contributed by atoms with Crippen LogP contribution in [0, 0.1) is 0 Å². The normalized spacial score (nSPS) is 19.6. The number of aromatic nitrogens is 3. The Hall–Kier alpha value is -4.14. The molecule has 9 nitrogen and oxygen atoms in total. The van der Waals surface area contributed by atoms with Gasteiger partial charge in [0.15, 0.2) is 0 Å². The zero-order valence-corrected chi connectivity index (χ0v) is 22.2. The lowest BCUT2D eigenvalue weighted by molar-refractivity contribution is -0.132. The summed E-state index contributed by atoms with van der Waals surface area (Å²) in [4.78, 5) is 27.9. The van der Waals surface area contributed by atoms with Crippen LogP contribution >= 0.6 is 0 Å². The molecule has 3 heterocycles. The summed E-state index contributed by atoms with van der Waals surface area (Å²) >= 11 is 0. The Labute approximate surface area is 228 Å². The van der Waals surface area contributed by atoms with Gasteiger partial charge >= 0.3 is 5.97 Å². The molecule has 1 saturated carbocycles. The lowest BCUT2D eigenvalue weighted by atomic mass is 9.96. The highest BCUT2D eigenvalue weighted by molar-refractivity contribution is 5.99. The Morgan fingerprint density at radius 2 is 1.85 bits per heavy atom. The van der Waals surface area contributed by atoms with Crippen molar-refractivity contribution in [1.82, 2.24) is 25.3 Å². The highest BCUT2D eigenvalue weighted by Gasteiger charge is 2.43.